The van der Waals surface area contributed by atoms with Crippen LogP contribution in [0.25, 0.3) is 0 Å². The van der Waals surface area contributed by atoms with E-state index in [1.54, 1.807) is 0 Å². The maximum absolute atomic E-state index is 5.91. The molecule has 0 saturated heterocycles. The molecule has 82 valence electrons. The van der Waals surface area contributed by atoms with E-state index in [0.29, 0.717) is 12.1 Å². The van der Waals surface area contributed by atoms with Gasteiger partial charge >= 0.3 is 0 Å². The Morgan fingerprint density at radius 3 is 2.64 bits per heavy atom. The third-order valence-corrected chi connectivity index (χ3v) is 2.26. The van der Waals surface area contributed by atoms with Crippen LogP contribution < -0.4 is 16.4 Å². The molecule has 0 aromatic rings. The molecule has 1 aliphatic rings. The van der Waals surface area contributed by atoms with Crippen LogP contribution in [0.3, 0.4) is 0 Å². The first kappa shape index (κ1) is 11.5. The predicted molar refractivity (Wildman–Crippen MR) is 60.6 cm³/mol. The van der Waals surface area contributed by atoms with Crippen molar-refractivity contribution in [1.29, 1.82) is 0 Å². The highest BCUT2D eigenvalue weighted by molar-refractivity contribution is 5.89. The summed E-state index contributed by atoms with van der Waals surface area (Å²) in [5.41, 5.74) is 5.91. The number of nitrogens with two attached hydrogens (primary N) is 1. The van der Waals surface area contributed by atoms with Crippen LogP contribution in [0.4, 0.5) is 0 Å². The van der Waals surface area contributed by atoms with Crippen molar-refractivity contribution in [2.45, 2.75) is 51.9 Å². The SMILES string of the molecule is CC(C)NC1=NCC(C)NC1C(C)N. The van der Waals surface area contributed by atoms with Crippen molar-refractivity contribution in [2.24, 2.45) is 10.7 Å². The summed E-state index contributed by atoms with van der Waals surface area (Å²) in [6.07, 6.45) is 0. The quantitative estimate of drug-likeness (QED) is 0.589. The molecule has 0 aromatic carbocycles. The van der Waals surface area contributed by atoms with Crippen molar-refractivity contribution in [3.05, 3.63) is 0 Å². The van der Waals surface area contributed by atoms with Gasteiger partial charge in [-0.05, 0) is 27.7 Å². The molecule has 3 unspecified atom stereocenters. The maximum Gasteiger partial charge on any atom is 0.115 e. The Balaban J connectivity index is 2.68. The summed E-state index contributed by atoms with van der Waals surface area (Å²) in [6.45, 7) is 9.19. The van der Waals surface area contributed by atoms with Crippen LogP contribution in [0.5, 0.6) is 0 Å². The summed E-state index contributed by atoms with van der Waals surface area (Å²) >= 11 is 0. The number of hydrogen-bond acceptors (Lipinski definition) is 4. The van der Waals surface area contributed by atoms with Crippen molar-refractivity contribution in [3.63, 3.8) is 0 Å². The van der Waals surface area contributed by atoms with Gasteiger partial charge in [0.05, 0.1) is 12.6 Å². The third kappa shape index (κ3) is 2.96. The lowest BCUT2D eigenvalue weighted by molar-refractivity contribution is 0.440. The Labute approximate surface area is 86.4 Å². The van der Waals surface area contributed by atoms with Gasteiger partial charge in [-0.2, -0.15) is 0 Å². The molecular weight excluding hydrogens is 176 g/mol. The second-order valence-corrected chi connectivity index (χ2v) is 4.43. The highest BCUT2D eigenvalue weighted by Gasteiger charge is 2.25. The van der Waals surface area contributed by atoms with Gasteiger partial charge in [0.2, 0.25) is 0 Å². The highest BCUT2D eigenvalue weighted by atomic mass is 15.2. The Morgan fingerprint density at radius 1 is 1.50 bits per heavy atom. The summed E-state index contributed by atoms with van der Waals surface area (Å²) in [5, 5.41) is 6.79. The zero-order chi connectivity index (χ0) is 10.7. The zero-order valence-corrected chi connectivity index (χ0v) is 9.54. The summed E-state index contributed by atoms with van der Waals surface area (Å²) in [5.74, 6) is 1.01. The van der Waals surface area contributed by atoms with E-state index in [-0.39, 0.29) is 12.1 Å². The average Bonchev–Trinajstić information content (AvgIpc) is 2.07. The minimum atomic E-state index is 0.0859. The van der Waals surface area contributed by atoms with E-state index < -0.39 is 0 Å². The topological polar surface area (TPSA) is 62.4 Å². The summed E-state index contributed by atoms with van der Waals surface area (Å²) in [4.78, 5) is 4.52. The first-order valence-corrected chi connectivity index (χ1v) is 5.33. The first-order valence-electron chi connectivity index (χ1n) is 5.33. The summed E-state index contributed by atoms with van der Waals surface area (Å²) in [6, 6.07) is 1.08. The number of rotatable bonds is 2. The molecule has 3 atom stereocenters. The molecule has 0 aliphatic carbocycles. The Bertz CT molecular complexity index is 210. The second-order valence-electron chi connectivity index (χ2n) is 4.43. The zero-order valence-electron chi connectivity index (χ0n) is 9.54. The van der Waals surface area contributed by atoms with Crippen molar-refractivity contribution in [2.75, 3.05) is 6.54 Å². The highest BCUT2D eigenvalue weighted by Crippen LogP contribution is 2.03. The van der Waals surface area contributed by atoms with Crippen LogP contribution in [-0.4, -0.2) is 36.5 Å². The molecule has 0 spiro atoms. The van der Waals surface area contributed by atoms with Crippen LogP contribution >= 0.6 is 0 Å². The molecule has 14 heavy (non-hydrogen) atoms. The van der Waals surface area contributed by atoms with Gasteiger partial charge in [-0.1, -0.05) is 0 Å². The van der Waals surface area contributed by atoms with E-state index in [2.05, 4.69) is 36.4 Å². The lowest BCUT2D eigenvalue weighted by Gasteiger charge is -2.32. The van der Waals surface area contributed by atoms with E-state index >= 15 is 0 Å². The minimum absolute atomic E-state index is 0.0859. The number of nitrogens with one attached hydrogen (secondary N) is 2. The molecule has 0 saturated carbocycles. The fourth-order valence-corrected chi connectivity index (χ4v) is 1.60. The van der Waals surface area contributed by atoms with E-state index in [9.17, 15) is 0 Å². The van der Waals surface area contributed by atoms with Gasteiger partial charge in [0.15, 0.2) is 0 Å². The Morgan fingerprint density at radius 2 is 2.14 bits per heavy atom. The van der Waals surface area contributed by atoms with Gasteiger partial charge in [0.1, 0.15) is 5.84 Å². The van der Waals surface area contributed by atoms with E-state index in [0.717, 1.165) is 12.4 Å². The van der Waals surface area contributed by atoms with Crippen molar-refractivity contribution >= 4 is 5.84 Å². The molecule has 0 amide bonds. The predicted octanol–water partition coefficient (Wildman–Crippen LogP) is 0.0904. The summed E-state index contributed by atoms with van der Waals surface area (Å²) < 4.78 is 0. The largest absolute Gasteiger partial charge is 0.370 e. The maximum atomic E-state index is 5.91. The number of nitrogens with zero attached hydrogens (tertiary/aromatic N) is 1. The first-order chi connectivity index (χ1) is 6.50. The smallest absolute Gasteiger partial charge is 0.115 e. The fraction of sp³-hybridized carbons (Fsp3) is 0.900. The van der Waals surface area contributed by atoms with Crippen LogP contribution in [0.2, 0.25) is 0 Å². The Hall–Kier alpha value is -0.610. The fourth-order valence-electron chi connectivity index (χ4n) is 1.60. The van der Waals surface area contributed by atoms with Gasteiger partial charge < -0.3 is 16.4 Å². The normalized spacial score (nSPS) is 30.0. The molecule has 0 aromatic heterocycles. The molecule has 4 heteroatoms. The van der Waals surface area contributed by atoms with Gasteiger partial charge in [0, 0.05) is 18.1 Å². The van der Waals surface area contributed by atoms with Crippen LogP contribution in [-0.2, 0) is 0 Å². The average molecular weight is 198 g/mol. The second kappa shape index (κ2) is 4.75. The molecule has 4 N–H and O–H groups in total. The van der Waals surface area contributed by atoms with E-state index in [1.807, 2.05) is 6.92 Å². The molecule has 4 nitrogen and oxygen atoms in total. The number of amidine groups is 1. The van der Waals surface area contributed by atoms with E-state index in [1.165, 1.54) is 0 Å². The van der Waals surface area contributed by atoms with Gasteiger partial charge in [-0.3, -0.25) is 4.99 Å². The molecule has 1 heterocycles. The van der Waals surface area contributed by atoms with Gasteiger partial charge in [0.25, 0.3) is 0 Å². The van der Waals surface area contributed by atoms with Crippen LogP contribution in [0.1, 0.15) is 27.7 Å². The van der Waals surface area contributed by atoms with Crippen LogP contribution in [0, 0.1) is 0 Å². The Kier molecular flexibility index (Phi) is 3.89. The number of aliphatic imine (C=N–C) groups is 1. The number of hydrogen-bond donors (Lipinski definition) is 3. The lowest BCUT2D eigenvalue weighted by atomic mass is 10.1. The van der Waals surface area contributed by atoms with Gasteiger partial charge in [-0.25, -0.2) is 0 Å². The van der Waals surface area contributed by atoms with Gasteiger partial charge in [-0.15, -0.1) is 0 Å². The minimum Gasteiger partial charge on any atom is -0.370 e. The molecule has 0 radical (unpaired) electrons. The molecule has 0 bridgehead atoms. The summed E-state index contributed by atoms with van der Waals surface area (Å²) in [7, 11) is 0. The van der Waals surface area contributed by atoms with Crippen molar-refractivity contribution < 1.29 is 0 Å². The monoisotopic (exact) mass is 198 g/mol. The third-order valence-electron chi connectivity index (χ3n) is 2.26. The molecule has 1 aliphatic heterocycles. The van der Waals surface area contributed by atoms with Crippen molar-refractivity contribution in [3.8, 4) is 0 Å². The molecular formula is C10H22N4. The van der Waals surface area contributed by atoms with Crippen molar-refractivity contribution in [1.82, 2.24) is 10.6 Å². The molecule has 0 fully saturated rings. The lowest BCUT2D eigenvalue weighted by Crippen LogP contribution is -2.60. The van der Waals surface area contributed by atoms with Crippen LogP contribution in [0.15, 0.2) is 4.99 Å². The van der Waals surface area contributed by atoms with E-state index in [4.69, 9.17) is 5.73 Å². The standard InChI is InChI=1S/C10H22N4/c1-6(2)13-10-9(8(4)11)14-7(3)5-12-10/h6-9,14H,5,11H2,1-4H3,(H,12,13). The molecule has 1 rings (SSSR count).